The number of rotatable bonds is 16. The highest BCUT2D eigenvalue weighted by atomic mass is 32.2. The zero-order valence-corrected chi connectivity index (χ0v) is 18.2. The zero-order valence-electron chi connectivity index (χ0n) is 17.4. The quantitative estimate of drug-likeness (QED) is 0.224. The van der Waals surface area contributed by atoms with E-state index in [4.69, 9.17) is 14.6 Å². The van der Waals surface area contributed by atoms with Gasteiger partial charge in [0.1, 0.15) is 18.5 Å². The number of para-hydroxylation sites is 1. The van der Waals surface area contributed by atoms with Crippen LogP contribution >= 0.6 is 0 Å². The predicted molar refractivity (Wildman–Crippen MR) is 112 cm³/mol. The highest BCUT2D eigenvalue weighted by molar-refractivity contribution is 7.87. The molecule has 0 fully saturated rings. The molecule has 170 valence electrons. The minimum atomic E-state index is -4.91. The third-order valence-electron chi connectivity index (χ3n) is 4.57. The fourth-order valence-corrected chi connectivity index (χ4v) is 3.57. The van der Waals surface area contributed by atoms with Gasteiger partial charge in [-0.15, -0.1) is 0 Å². The van der Waals surface area contributed by atoms with Crippen molar-refractivity contribution in [2.75, 3.05) is 6.61 Å². The monoisotopic (exact) mass is 444 g/mol. The molecule has 1 rings (SSSR count). The number of carboxylic acid groups (broad SMARTS) is 1. The summed E-state index contributed by atoms with van der Waals surface area (Å²) in [4.78, 5) is 23.1. The number of carbonyl (C=O) groups excluding carboxylic acids is 1. The smallest absolute Gasteiger partial charge is 0.327 e. The number of carboxylic acids is 1. The Kier molecular flexibility index (Phi) is 12.1. The van der Waals surface area contributed by atoms with Gasteiger partial charge in [0.25, 0.3) is 10.1 Å². The molecular weight excluding hydrogens is 412 g/mol. The summed E-state index contributed by atoms with van der Waals surface area (Å²) in [6.45, 7) is 2.15. The standard InChI is InChI=1S/C21H32O8S/c1-2-3-4-5-6-7-9-14-18(16-28-17-12-10-8-11-13-17)29-21(24)19(15-20(22)23)30(25,26)27/h8,10-13,18-19H,2-7,9,14-16H2,1H3,(H,22,23)(H,25,26,27). The summed E-state index contributed by atoms with van der Waals surface area (Å²) >= 11 is 0. The van der Waals surface area contributed by atoms with Crippen LogP contribution in [0.25, 0.3) is 0 Å². The lowest BCUT2D eigenvalue weighted by molar-refractivity contribution is -0.153. The van der Waals surface area contributed by atoms with Crippen LogP contribution in [0.1, 0.15) is 64.7 Å². The summed E-state index contributed by atoms with van der Waals surface area (Å²) in [5, 5.41) is 6.67. The van der Waals surface area contributed by atoms with Crippen LogP contribution in [0.5, 0.6) is 5.75 Å². The topological polar surface area (TPSA) is 127 Å². The lowest BCUT2D eigenvalue weighted by atomic mass is 10.1. The molecule has 2 atom stereocenters. The maximum Gasteiger partial charge on any atom is 0.327 e. The molecule has 2 N–H and O–H groups in total. The van der Waals surface area contributed by atoms with Crippen LogP contribution in [0.3, 0.4) is 0 Å². The Morgan fingerprint density at radius 3 is 2.17 bits per heavy atom. The SMILES string of the molecule is CCCCCCCCCC(COc1ccccc1)OC(=O)C(CC(=O)O)S(=O)(=O)O. The molecule has 1 aromatic carbocycles. The van der Waals surface area contributed by atoms with Crippen LogP contribution in [0, 0.1) is 0 Å². The Bertz CT molecular complexity index is 733. The fraction of sp³-hybridized carbons (Fsp3) is 0.619. The Balaban J connectivity index is 2.67. The molecule has 0 aliphatic rings. The van der Waals surface area contributed by atoms with Crippen molar-refractivity contribution >= 4 is 22.1 Å². The summed E-state index contributed by atoms with van der Waals surface area (Å²) < 4.78 is 42.9. The van der Waals surface area contributed by atoms with E-state index in [0.717, 1.165) is 25.7 Å². The summed E-state index contributed by atoms with van der Waals surface area (Å²) in [6.07, 6.45) is 6.01. The normalized spacial score (nSPS) is 13.4. The van der Waals surface area contributed by atoms with E-state index >= 15 is 0 Å². The van der Waals surface area contributed by atoms with E-state index in [9.17, 15) is 22.6 Å². The third-order valence-corrected chi connectivity index (χ3v) is 5.65. The average molecular weight is 445 g/mol. The Morgan fingerprint density at radius 2 is 1.60 bits per heavy atom. The van der Waals surface area contributed by atoms with Crippen LogP contribution in [0.15, 0.2) is 30.3 Å². The summed E-state index contributed by atoms with van der Waals surface area (Å²) in [6, 6.07) is 8.86. The first-order chi connectivity index (χ1) is 14.2. The van der Waals surface area contributed by atoms with Gasteiger partial charge >= 0.3 is 11.9 Å². The largest absolute Gasteiger partial charge is 0.490 e. The van der Waals surface area contributed by atoms with Gasteiger partial charge in [0.2, 0.25) is 0 Å². The van der Waals surface area contributed by atoms with Crippen molar-refractivity contribution < 1.29 is 37.1 Å². The van der Waals surface area contributed by atoms with Gasteiger partial charge in [-0.05, 0) is 25.0 Å². The molecule has 0 heterocycles. The maximum absolute atomic E-state index is 12.3. The van der Waals surface area contributed by atoms with Crippen LogP contribution < -0.4 is 4.74 Å². The van der Waals surface area contributed by atoms with Crippen LogP contribution in [-0.2, 0) is 24.4 Å². The summed E-state index contributed by atoms with van der Waals surface area (Å²) in [7, 11) is -4.91. The second kappa shape index (κ2) is 14.0. The number of hydrogen-bond acceptors (Lipinski definition) is 6. The van der Waals surface area contributed by atoms with E-state index in [1.807, 2.05) is 6.07 Å². The van der Waals surface area contributed by atoms with Gasteiger partial charge in [0.05, 0.1) is 6.42 Å². The first-order valence-corrected chi connectivity index (χ1v) is 11.8. The molecule has 0 amide bonds. The van der Waals surface area contributed by atoms with Gasteiger partial charge < -0.3 is 14.6 Å². The minimum Gasteiger partial charge on any atom is -0.490 e. The van der Waals surface area contributed by atoms with Crippen molar-refractivity contribution in [3.05, 3.63) is 30.3 Å². The number of aliphatic carboxylic acids is 1. The maximum atomic E-state index is 12.3. The van der Waals surface area contributed by atoms with Gasteiger partial charge in [-0.25, -0.2) is 0 Å². The van der Waals surface area contributed by atoms with E-state index < -0.39 is 39.8 Å². The Labute approximate surface area is 178 Å². The van der Waals surface area contributed by atoms with Gasteiger partial charge in [-0.1, -0.05) is 63.6 Å². The van der Waals surface area contributed by atoms with E-state index in [2.05, 4.69) is 6.92 Å². The number of benzene rings is 1. The molecule has 1 aromatic rings. The van der Waals surface area contributed by atoms with Crippen molar-refractivity contribution in [1.29, 1.82) is 0 Å². The van der Waals surface area contributed by atoms with Crippen LogP contribution in [0.4, 0.5) is 0 Å². The first-order valence-electron chi connectivity index (χ1n) is 10.3. The molecule has 0 aliphatic heterocycles. The molecule has 0 radical (unpaired) electrons. The lowest BCUT2D eigenvalue weighted by Gasteiger charge is -2.21. The first kappa shape index (κ1) is 25.9. The molecule has 0 bridgehead atoms. The van der Waals surface area contributed by atoms with E-state index in [-0.39, 0.29) is 6.61 Å². The van der Waals surface area contributed by atoms with Crippen molar-refractivity contribution in [3.63, 3.8) is 0 Å². The van der Waals surface area contributed by atoms with Gasteiger partial charge in [0.15, 0.2) is 5.25 Å². The van der Waals surface area contributed by atoms with E-state index in [1.165, 1.54) is 19.3 Å². The molecule has 0 aromatic heterocycles. The molecule has 8 nitrogen and oxygen atoms in total. The second-order valence-electron chi connectivity index (χ2n) is 7.19. The zero-order chi connectivity index (χ0) is 22.4. The molecule has 2 unspecified atom stereocenters. The number of esters is 1. The number of hydrogen-bond donors (Lipinski definition) is 2. The molecule has 0 aliphatic carbocycles. The van der Waals surface area contributed by atoms with E-state index in [1.54, 1.807) is 24.3 Å². The van der Waals surface area contributed by atoms with Gasteiger partial charge in [-0.2, -0.15) is 8.42 Å². The Hall–Kier alpha value is -2.13. The van der Waals surface area contributed by atoms with Crippen molar-refractivity contribution in [2.45, 2.75) is 76.1 Å². The van der Waals surface area contributed by atoms with Crippen LogP contribution in [-0.4, -0.2) is 48.0 Å². The molecule has 0 saturated heterocycles. The molecule has 0 saturated carbocycles. The average Bonchev–Trinajstić information content (AvgIpc) is 2.69. The number of ether oxygens (including phenoxy) is 2. The van der Waals surface area contributed by atoms with Gasteiger partial charge in [-0.3, -0.25) is 14.1 Å². The molecule has 0 spiro atoms. The van der Waals surface area contributed by atoms with Crippen molar-refractivity contribution in [1.82, 2.24) is 0 Å². The highest BCUT2D eigenvalue weighted by Crippen LogP contribution is 2.16. The van der Waals surface area contributed by atoms with E-state index in [0.29, 0.717) is 12.2 Å². The van der Waals surface area contributed by atoms with Crippen LogP contribution in [0.2, 0.25) is 0 Å². The third kappa shape index (κ3) is 11.2. The van der Waals surface area contributed by atoms with Crippen molar-refractivity contribution in [2.24, 2.45) is 0 Å². The Morgan fingerprint density at radius 1 is 1.00 bits per heavy atom. The number of carbonyl (C=O) groups is 2. The van der Waals surface area contributed by atoms with Gasteiger partial charge in [0, 0.05) is 0 Å². The fourth-order valence-electron chi connectivity index (χ4n) is 2.92. The molecule has 30 heavy (non-hydrogen) atoms. The molecular formula is C21H32O8S. The predicted octanol–water partition coefficient (Wildman–Crippen LogP) is 3.85. The highest BCUT2D eigenvalue weighted by Gasteiger charge is 2.36. The minimum absolute atomic E-state index is 0.00312. The molecule has 9 heteroatoms. The second-order valence-corrected chi connectivity index (χ2v) is 8.79. The lowest BCUT2D eigenvalue weighted by Crippen LogP contribution is -2.37. The van der Waals surface area contributed by atoms with Crippen molar-refractivity contribution in [3.8, 4) is 5.75 Å². The summed E-state index contributed by atoms with van der Waals surface area (Å²) in [5.74, 6) is -2.25. The number of unbranched alkanes of at least 4 members (excludes halogenated alkanes) is 6. The summed E-state index contributed by atoms with van der Waals surface area (Å²) in [5.41, 5.74) is 0.